The molecule has 4 rings (SSSR count). The van der Waals surface area contributed by atoms with Crippen molar-refractivity contribution in [3.8, 4) is 0 Å². The number of aromatic nitrogens is 4. The lowest BCUT2D eigenvalue weighted by atomic mass is 9.90. The molecule has 1 aliphatic rings. The molecule has 8 heteroatoms. The standard InChI is InChI=1S/C16H15N5O3/c1-9-13-14(18-8-19-15(13)24-20-9)21-6-11(12(7-21)16(22)23)10-3-2-4-17-5-10/h2-5,8,11-12H,6-7H2,1H3,(H,22,23)/t11-,12+/m1/s1. The molecule has 24 heavy (non-hydrogen) atoms. The van der Waals surface area contributed by atoms with E-state index in [2.05, 4.69) is 20.1 Å². The molecule has 0 bridgehead atoms. The number of anilines is 1. The predicted molar refractivity (Wildman–Crippen MR) is 84.7 cm³/mol. The maximum absolute atomic E-state index is 11.7. The van der Waals surface area contributed by atoms with Crippen LogP contribution in [0.5, 0.6) is 0 Å². The summed E-state index contributed by atoms with van der Waals surface area (Å²) in [6, 6.07) is 3.74. The number of carboxylic acids is 1. The van der Waals surface area contributed by atoms with Gasteiger partial charge in [-0.3, -0.25) is 9.78 Å². The Morgan fingerprint density at radius 1 is 1.38 bits per heavy atom. The fourth-order valence-corrected chi connectivity index (χ4v) is 3.30. The summed E-state index contributed by atoms with van der Waals surface area (Å²) in [7, 11) is 0. The largest absolute Gasteiger partial charge is 0.481 e. The van der Waals surface area contributed by atoms with Crippen LogP contribution in [-0.2, 0) is 4.79 Å². The van der Waals surface area contributed by atoms with Crippen LogP contribution in [0.1, 0.15) is 17.2 Å². The molecule has 0 aromatic carbocycles. The monoisotopic (exact) mass is 325 g/mol. The summed E-state index contributed by atoms with van der Waals surface area (Å²) in [4.78, 5) is 26.2. The van der Waals surface area contributed by atoms with Gasteiger partial charge in [-0.25, -0.2) is 4.98 Å². The molecular weight excluding hydrogens is 310 g/mol. The van der Waals surface area contributed by atoms with Crippen molar-refractivity contribution in [2.24, 2.45) is 5.92 Å². The lowest BCUT2D eigenvalue weighted by molar-refractivity contribution is -0.141. The van der Waals surface area contributed by atoms with Crippen LogP contribution in [0.4, 0.5) is 5.82 Å². The summed E-state index contributed by atoms with van der Waals surface area (Å²) in [6.45, 7) is 2.73. The Morgan fingerprint density at radius 2 is 2.25 bits per heavy atom. The molecular formula is C16H15N5O3. The first-order valence-corrected chi connectivity index (χ1v) is 7.60. The normalized spacial score (nSPS) is 20.6. The van der Waals surface area contributed by atoms with Gasteiger partial charge in [0, 0.05) is 31.4 Å². The van der Waals surface area contributed by atoms with E-state index in [4.69, 9.17) is 4.52 Å². The van der Waals surface area contributed by atoms with Gasteiger partial charge < -0.3 is 14.5 Å². The highest BCUT2D eigenvalue weighted by Crippen LogP contribution is 2.37. The van der Waals surface area contributed by atoms with Crippen LogP contribution >= 0.6 is 0 Å². The molecule has 1 aliphatic heterocycles. The summed E-state index contributed by atoms with van der Waals surface area (Å²) in [6.07, 6.45) is 4.82. The summed E-state index contributed by atoms with van der Waals surface area (Å²) in [5, 5.41) is 14.3. The van der Waals surface area contributed by atoms with Gasteiger partial charge in [-0.05, 0) is 18.6 Å². The average Bonchev–Trinajstić information content (AvgIpc) is 3.20. The number of fused-ring (bicyclic) bond motifs is 1. The van der Waals surface area contributed by atoms with Crippen LogP contribution in [-0.4, -0.2) is 44.3 Å². The number of carbonyl (C=O) groups is 1. The molecule has 0 saturated carbocycles. The molecule has 1 N–H and O–H groups in total. The Hall–Kier alpha value is -3.03. The fourth-order valence-electron chi connectivity index (χ4n) is 3.30. The molecule has 3 aromatic heterocycles. The zero-order valence-electron chi connectivity index (χ0n) is 13.0. The van der Waals surface area contributed by atoms with E-state index < -0.39 is 11.9 Å². The Morgan fingerprint density at radius 3 is 3.00 bits per heavy atom. The highest BCUT2D eigenvalue weighted by atomic mass is 16.5. The molecule has 0 spiro atoms. The number of aryl methyl sites for hydroxylation is 1. The van der Waals surface area contributed by atoms with Crippen LogP contribution in [0.2, 0.25) is 0 Å². The molecule has 1 fully saturated rings. The van der Waals surface area contributed by atoms with E-state index in [9.17, 15) is 9.90 Å². The third-order valence-corrected chi connectivity index (χ3v) is 4.47. The third kappa shape index (κ3) is 2.27. The Kier molecular flexibility index (Phi) is 3.37. The number of rotatable bonds is 3. The van der Waals surface area contributed by atoms with Crippen LogP contribution in [0.3, 0.4) is 0 Å². The maximum atomic E-state index is 11.7. The first-order chi connectivity index (χ1) is 11.6. The van der Waals surface area contributed by atoms with Crippen molar-refractivity contribution in [1.82, 2.24) is 20.1 Å². The fraction of sp³-hybridized carbons (Fsp3) is 0.312. The summed E-state index contributed by atoms with van der Waals surface area (Å²) >= 11 is 0. The number of nitrogens with zero attached hydrogens (tertiary/aromatic N) is 5. The second-order valence-corrected chi connectivity index (χ2v) is 5.89. The minimum Gasteiger partial charge on any atom is -0.481 e. The van der Waals surface area contributed by atoms with Gasteiger partial charge in [-0.15, -0.1) is 0 Å². The van der Waals surface area contributed by atoms with Crippen LogP contribution < -0.4 is 4.90 Å². The van der Waals surface area contributed by atoms with E-state index in [1.165, 1.54) is 6.33 Å². The summed E-state index contributed by atoms with van der Waals surface area (Å²) < 4.78 is 5.18. The van der Waals surface area contributed by atoms with Gasteiger partial charge in [-0.2, -0.15) is 4.98 Å². The van der Waals surface area contributed by atoms with E-state index in [0.717, 1.165) is 10.9 Å². The topological polar surface area (TPSA) is 105 Å². The number of aliphatic carboxylic acids is 1. The van der Waals surface area contributed by atoms with E-state index in [1.54, 1.807) is 12.4 Å². The molecule has 0 amide bonds. The predicted octanol–water partition coefficient (Wildman–Crippen LogP) is 1.63. The van der Waals surface area contributed by atoms with Crippen molar-refractivity contribution in [2.75, 3.05) is 18.0 Å². The van der Waals surface area contributed by atoms with Gasteiger partial charge in [0.15, 0.2) is 0 Å². The van der Waals surface area contributed by atoms with Crippen molar-refractivity contribution in [3.05, 3.63) is 42.1 Å². The second-order valence-electron chi connectivity index (χ2n) is 5.89. The van der Waals surface area contributed by atoms with E-state index in [-0.39, 0.29) is 5.92 Å². The lowest BCUT2D eigenvalue weighted by Crippen LogP contribution is -2.24. The van der Waals surface area contributed by atoms with Crippen molar-refractivity contribution in [1.29, 1.82) is 0 Å². The Balaban J connectivity index is 1.75. The zero-order chi connectivity index (χ0) is 16.7. The van der Waals surface area contributed by atoms with Crippen molar-refractivity contribution in [2.45, 2.75) is 12.8 Å². The van der Waals surface area contributed by atoms with Gasteiger partial charge >= 0.3 is 5.97 Å². The maximum Gasteiger partial charge on any atom is 0.308 e. The van der Waals surface area contributed by atoms with Gasteiger partial charge in [0.1, 0.15) is 17.5 Å². The van der Waals surface area contributed by atoms with Crippen molar-refractivity contribution < 1.29 is 14.4 Å². The van der Waals surface area contributed by atoms with E-state index in [0.29, 0.717) is 30.3 Å². The highest BCUT2D eigenvalue weighted by molar-refractivity contribution is 5.88. The Bertz CT molecular complexity index is 895. The molecule has 2 atom stereocenters. The van der Waals surface area contributed by atoms with Crippen LogP contribution in [0.25, 0.3) is 11.1 Å². The summed E-state index contributed by atoms with van der Waals surface area (Å²) in [5.41, 5.74) is 2.02. The number of hydrogen-bond donors (Lipinski definition) is 1. The molecule has 3 aromatic rings. The van der Waals surface area contributed by atoms with Gasteiger partial charge in [0.2, 0.25) is 0 Å². The SMILES string of the molecule is Cc1noc2ncnc(N3C[C@H](C(=O)O)[C@@H](c4cccnc4)C3)c12. The van der Waals surface area contributed by atoms with Crippen LogP contribution in [0, 0.1) is 12.8 Å². The van der Waals surface area contributed by atoms with Gasteiger partial charge in [0.25, 0.3) is 5.71 Å². The van der Waals surface area contributed by atoms with Gasteiger partial charge in [-0.1, -0.05) is 11.2 Å². The highest BCUT2D eigenvalue weighted by Gasteiger charge is 2.40. The quantitative estimate of drug-likeness (QED) is 0.774. The first kappa shape index (κ1) is 14.6. The zero-order valence-corrected chi connectivity index (χ0v) is 13.0. The molecule has 4 heterocycles. The molecule has 1 saturated heterocycles. The number of pyridine rings is 1. The summed E-state index contributed by atoms with van der Waals surface area (Å²) in [5.74, 6) is -0.837. The van der Waals surface area contributed by atoms with Crippen LogP contribution in [0.15, 0.2) is 35.4 Å². The molecule has 122 valence electrons. The lowest BCUT2D eigenvalue weighted by Gasteiger charge is -2.17. The number of hydrogen-bond acceptors (Lipinski definition) is 7. The second kappa shape index (κ2) is 5.55. The molecule has 8 nitrogen and oxygen atoms in total. The minimum absolute atomic E-state index is 0.151. The average molecular weight is 325 g/mol. The van der Waals surface area contributed by atoms with Crippen molar-refractivity contribution in [3.63, 3.8) is 0 Å². The third-order valence-electron chi connectivity index (χ3n) is 4.47. The molecule has 0 aliphatic carbocycles. The van der Waals surface area contributed by atoms with Gasteiger partial charge in [0.05, 0.1) is 11.6 Å². The van der Waals surface area contributed by atoms with E-state index in [1.807, 2.05) is 24.0 Å². The molecule has 0 unspecified atom stereocenters. The molecule has 0 radical (unpaired) electrons. The van der Waals surface area contributed by atoms with Crippen molar-refractivity contribution >= 4 is 22.9 Å². The first-order valence-electron chi connectivity index (χ1n) is 7.60. The smallest absolute Gasteiger partial charge is 0.308 e. The Labute approximate surface area is 137 Å². The van der Waals surface area contributed by atoms with E-state index >= 15 is 0 Å². The minimum atomic E-state index is -0.821. The number of carboxylic acid groups (broad SMARTS) is 1.